The third-order valence-electron chi connectivity index (χ3n) is 4.07. The first kappa shape index (κ1) is 25.5. The Kier molecular flexibility index (Phi) is 9.36. The Morgan fingerprint density at radius 2 is 0.900 bits per heavy atom. The molecule has 1 saturated carbocycles. The third-order valence-corrected chi connectivity index (χ3v) is 4.07. The van der Waals surface area contributed by atoms with Gasteiger partial charge in [0.2, 0.25) is 23.6 Å². The van der Waals surface area contributed by atoms with Gasteiger partial charge in [0.25, 0.3) is 0 Å². The number of carbonyl (C=O) groups is 4. The molecule has 0 aromatic heterocycles. The maximum atomic E-state index is 12.0. The van der Waals surface area contributed by atoms with Crippen LogP contribution in [0, 0.1) is 0 Å². The minimum absolute atomic E-state index is 0.337. The summed E-state index contributed by atoms with van der Waals surface area (Å²) in [6.45, 7) is -3.06. The van der Waals surface area contributed by atoms with Crippen LogP contribution >= 0.6 is 0 Å². The molecule has 0 radical (unpaired) electrons. The summed E-state index contributed by atoms with van der Waals surface area (Å²) in [7, 11) is 0. The SMILES string of the molecule is O=C(CC(=O)NC1CCC(NC(=O)CC(=O)NCC(F)(F)F)CC1)NCC(F)(F)F. The second-order valence-electron chi connectivity index (χ2n) is 6.82. The van der Waals surface area contributed by atoms with E-state index >= 15 is 0 Å². The maximum Gasteiger partial charge on any atom is 0.405 e. The zero-order chi connectivity index (χ0) is 22.9. The molecule has 4 amide bonds. The van der Waals surface area contributed by atoms with Crippen LogP contribution < -0.4 is 21.3 Å². The van der Waals surface area contributed by atoms with Crippen molar-refractivity contribution in [3.05, 3.63) is 0 Å². The summed E-state index contributed by atoms with van der Waals surface area (Å²) in [5.41, 5.74) is 0. The average Bonchev–Trinajstić information content (AvgIpc) is 2.58. The number of halogens is 6. The van der Waals surface area contributed by atoms with Crippen LogP contribution in [0.4, 0.5) is 26.3 Å². The van der Waals surface area contributed by atoms with Crippen LogP contribution in [0.1, 0.15) is 38.5 Å². The molecule has 30 heavy (non-hydrogen) atoms. The second kappa shape index (κ2) is 11.0. The number of hydrogen-bond donors (Lipinski definition) is 4. The smallest absolute Gasteiger partial charge is 0.353 e. The summed E-state index contributed by atoms with van der Waals surface area (Å²) >= 11 is 0. The van der Waals surface area contributed by atoms with Crippen molar-refractivity contribution in [3.63, 3.8) is 0 Å². The predicted octanol–water partition coefficient (Wildman–Crippen LogP) is 0.667. The van der Waals surface area contributed by atoms with Gasteiger partial charge in [-0.2, -0.15) is 26.3 Å². The molecule has 0 spiro atoms. The molecule has 8 nitrogen and oxygen atoms in total. The molecule has 0 bridgehead atoms. The number of rotatable bonds is 8. The van der Waals surface area contributed by atoms with Crippen molar-refractivity contribution >= 4 is 23.6 Å². The Hall–Kier alpha value is -2.54. The van der Waals surface area contributed by atoms with Gasteiger partial charge in [-0.15, -0.1) is 0 Å². The molecule has 172 valence electrons. The molecule has 1 aliphatic carbocycles. The van der Waals surface area contributed by atoms with Crippen LogP contribution in [0.3, 0.4) is 0 Å². The molecule has 0 aliphatic heterocycles. The summed E-state index contributed by atoms with van der Waals surface area (Å²) in [6.07, 6.45) is -9.04. The van der Waals surface area contributed by atoms with Gasteiger partial charge in [0.1, 0.15) is 25.9 Å². The van der Waals surface area contributed by atoms with Gasteiger partial charge in [0.05, 0.1) is 0 Å². The molecule has 1 fully saturated rings. The fourth-order valence-corrected chi connectivity index (χ4v) is 2.75. The van der Waals surface area contributed by atoms with Gasteiger partial charge in [-0.3, -0.25) is 19.2 Å². The van der Waals surface area contributed by atoms with E-state index < -0.39 is 61.9 Å². The highest BCUT2D eigenvalue weighted by Crippen LogP contribution is 2.19. The Morgan fingerprint density at radius 3 is 1.17 bits per heavy atom. The Balaban J connectivity index is 2.25. The summed E-state index contributed by atoms with van der Waals surface area (Å²) in [6, 6.07) is -0.674. The number of amides is 4. The van der Waals surface area contributed by atoms with Gasteiger partial charge in [-0.05, 0) is 25.7 Å². The maximum absolute atomic E-state index is 12.0. The lowest BCUT2D eigenvalue weighted by molar-refractivity contribution is -0.141. The van der Waals surface area contributed by atoms with Crippen molar-refractivity contribution in [2.24, 2.45) is 0 Å². The van der Waals surface area contributed by atoms with Crippen molar-refractivity contribution in [2.45, 2.75) is 63.0 Å². The highest BCUT2D eigenvalue weighted by molar-refractivity contribution is 5.97. The van der Waals surface area contributed by atoms with E-state index in [-0.39, 0.29) is 12.1 Å². The van der Waals surface area contributed by atoms with Crippen LogP contribution in [0.25, 0.3) is 0 Å². The fourth-order valence-electron chi connectivity index (χ4n) is 2.75. The van der Waals surface area contributed by atoms with E-state index in [0.29, 0.717) is 25.7 Å². The molecular formula is C16H22F6N4O4. The molecule has 0 aromatic carbocycles. The fraction of sp³-hybridized carbons (Fsp3) is 0.750. The van der Waals surface area contributed by atoms with Gasteiger partial charge in [0.15, 0.2) is 0 Å². The highest BCUT2D eigenvalue weighted by Gasteiger charge is 2.30. The predicted molar refractivity (Wildman–Crippen MR) is 89.7 cm³/mol. The largest absolute Gasteiger partial charge is 0.405 e. The highest BCUT2D eigenvalue weighted by atomic mass is 19.4. The van der Waals surface area contributed by atoms with Gasteiger partial charge in [-0.25, -0.2) is 0 Å². The van der Waals surface area contributed by atoms with Gasteiger partial charge >= 0.3 is 12.4 Å². The molecule has 4 N–H and O–H groups in total. The lowest BCUT2D eigenvalue weighted by atomic mass is 9.91. The molecule has 14 heteroatoms. The Morgan fingerprint density at radius 1 is 0.600 bits per heavy atom. The molecule has 0 unspecified atom stereocenters. The summed E-state index contributed by atoms with van der Waals surface area (Å²) in [5.74, 6) is -3.59. The number of hydrogen-bond acceptors (Lipinski definition) is 4. The van der Waals surface area contributed by atoms with Crippen molar-refractivity contribution in [1.82, 2.24) is 21.3 Å². The van der Waals surface area contributed by atoms with E-state index in [1.807, 2.05) is 0 Å². The van der Waals surface area contributed by atoms with E-state index in [4.69, 9.17) is 0 Å². The molecule has 1 rings (SSSR count). The lowest BCUT2D eigenvalue weighted by Gasteiger charge is -2.29. The number of nitrogens with one attached hydrogen (secondary N) is 4. The summed E-state index contributed by atoms with van der Waals surface area (Å²) in [4.78, 5) is 46.0. The quantitative estimate of drug-likeness (QED) is 0.323. The molecule has 0 aromatic rings. The van der Waals surface area contributed by atoms with E-state index in [0.717, 1.165) is 0 Å². The van der Waals surface area contributed by atoms with Crippen molar-refractivity contribution in [3.8, 4) is 0 Å². The average molecular weight is 448 g/mol. The molecule has 0 atom stereocenters. The van der Waals surface area contributed by atoms with Crippen molar-refractivity contribution < 1.29 is 45.5 Å². The van der Waals surface area contributed by atoms with Crippen molar-refractivity contribution in [1.29, 1.82) is 0 Å². The van der Waals surface area contributed by atoms with E-state index in [9.17, 15) is 45.5 Å². The monoisotopic (exact) mass is 448 g/mol. The van der Waals surface area contributed by atoms with Crippen LogP contribution in [0.2, 0.25) is 0 Å². The topological polar surface area (TPSA) is 116 Å². The standard InChI is InChI=1S/C16H22F6N4O4/c17-15(18,19)7-23-11(27)5-13(29)25-9-1-2-10(4-3-9)26-14(30)6-12(28)24-8-16(20,21)22/h9-10H,1-8H2,(H,23,27)(H,24,28)(H,25,29)(H,26,30). The van der Waals surface area contributed by atoms with Gasteiger partial charge in [-0.1, -0.05) is 0 Å². The van der Waals surface area contributed by atoms with Crippen LogP contribution in [0.5, 0.6) is 0 Å². The zero-order valence-corrected chi connectivity index (χ0v) is 15.7. The second-order valence-corrected chi connectivity index (χ2v) is 6.82. The van der Waals surface area contributed by atoms with E-state index in [1.54, 1.807) is 10.6 Å². The molecule has 1 aliphatic rings. The van der Waals surface area contributed by atoms with Gasteiger partial charge < -0.3 is 21.3 Å². The number of carbonyl (C=O) groups excluding carboxylic acids is 4. The van der Waals surface area contributed by atoms with Crippen LogP contribution in [0.15, 0.2) is 0 Å². The number of alkyl halides is 6. The normalized spacial score (nSPS) is 19.5. The Bertz CT molecular complexity index is 576. The van der Waals surface area contributed by atoms with E-state index in [1.165, 1.54) is 0 Å². The zero-order valence-electron chi connectivity index (χ0n) is 15.7. The lowest BCUT2D eigenvalue weighted by Crippen LogP contribution is -2.45. The van der Waals surface area contributed by atoms with E-state index in [2.05, 4.69) is 10.6 Å². The summed E-state index contributed by atoms with van der Waals surface area (Å²) < 4.78 is 72.0. The Labute approximate surface area is 167 Å². The van der Waals surface area contributed by atoms with Crippen LogP contribution in [-0.2, 0) is 19.2 Å². The summed E-state index contributed by atoms with van der Waals surface area (Å²) in [5, 5.41) is 8.21. The van der Waals surface area contributed by atoms with Crippen LogP contribution in [-0.4, -0.2) is 61.2 Å². The first-order valence-electron chi connectivity index (χ1n) is 8.99. The van der Waals surface area contributed by atoms with Crippen molar-refractivity contribution in [2.75, 3.05) is 13.1 Å². The third kappa shape index (κ3) is 12.1. The molecule has 0 heterocycles. The first-order chi connectivity index (χ1) is 13.7. The minimum Gasteiger partial charge on any atom is -0.353 e. The molecule has 0 saturated heterocycles. The minimum atomic E-state index is -4.58. The first-order valence-corrected chi connectivity index (χ1v) is 8.99. The van der Waals surface area contributed by atoms with Gasteiger partial charge in [0, 0.05) is 12.1 Å². The molecular weight excluding hydrogens is 426 g/mol.